The molecule has 1 unspecified atom stereocenters. The van der Waals surface area contributed by atoms with Crippen LogP contribution in [0.3, 0.4) is 0 Å². The number of benzene rings is 1. The summed E-state index contributed by atoms with van der Waals surface area (Å²) in [5.74, 6) is 0.560. The van der Waals surface area contributed by atoms with E-state index in [1.165, 1.54) is 16.3 Å². The first-order chi connectivity index (χ1) is 9.88. The van der Waals surface area contributed by atoms with Gasteiger partial charge < -0.3 is 0 Å². The number of thiazole rings is 1. The molecule has 0 aliphatic heterocycles. The van der Waals surface area contributed by atoms with Gasteiger partial charge >= 0.3 is 0 Å². The van der Waals surface area contributed by atoms with Crippen LogP contribution in [-0.2, 0) is 18.3 Å². The van der Waals surface area contributed by atoms with Gasteiger partial charge in [0.2, 0.25) is 0 Å². The predicted molar refractivity (Wildman–Crippen MR) is 97.0 cm³/mol. The van der Waals surface area contributed by atoms with Crippen LogP contribution in [0, 0.1) is 5.92 Å². The summed E-state index contributed by atoms with van der Waals surface area (Å²) in [4.78, 5) is 4.80. The molecule has 1 aromatic heterocycles. The van der Waals surface area contributed by atoms with Gasteiger partial charge in [0.15, 0.2) is 0 Å². The molecule has 0 aliphatic rings. The van der Waals surface area contributed by atoms with Crippen LogP contribution in [0.15, 0.2) is 29.6 Å². The van der Waals surface area contributed by atoms with Gasteiger partial charge in [-0.05, 0) is 30.0 Å². The van der Waals surface area contributed by atoms with Crippen molar-refractivity contribution in [2.75, 3.05) is 5.33 Å². The van der Waals surface area contributed by atoms with Crippen LogP contribution < -0.4 is 0 Å². The fraction of sp³-hybridized carbons (Fsp3) is 0.471. The molecule has 1 heterocycles. The molecule has 114 valence electrons. The number of rotatable bonds is 5. The van der Waals surface area contributed by atoms with E-state index in [2.05, 4.69) is 54.2 Å². The lowest BCUT2D eigenvalue weighted by Gasteiger charge is -2.15. The van der Waals surface area contributed by atoms with E-state index in [-0.39, 0.29) is 5.41 Å². The molecular formula is C17H21BrClNS. The molecule has 1 aromatic carbocycles. The molecule has 21 heavy (non-hydrogen) atoms. The Kier molecular flexibility index (Phi) is 5.87. The molecule has 2 rings (SSSR count). The van der Waals surface area contributed by atoms with Crippen molar-refractivity contribution in [3.63, 3.8) is 0 Å². The van der Waals surface area contributed by atoms with Gasteiger partial charge in [0.1, 0.15) is 0 Å². The zero-order chi connectivity index (χ0) is 15.5. The molecule has 2 aromatic rings. The van der Waals surface area contributed by atoms with Gasteiger partial charge in [-0.25, -0.2) is 4.98 Å². The normalized spacial score (nSPS) is 13.4. The minimum atomic E-state index is 0.134. The SMILES string of the molecule is CC(C)(C)c1csc(CC(CBr)Cc2ccc(Cl)cc2)n1. The summed E-state index contributed by atoms with van der Waals surface area (Å²) in [7, 11) is 0. The van der Waals surface area contributed by atoms with Crippen molar-refractivity contribution < 1.29 is 0 Å². The molecule has 0 saturated heterocycles. The van der Waals surface area contributed by atoms with Crippen LogP contribution in [0.25, 0.3) is 0 Å². The van der Waals surface area contributed by atoms with Crippen LogP contribution in [0.1, 0.15) is 37.0 Å². The van der Waals surface area contributed by atoms with Crippen molar-refractivity contribution in [2.24, 2.45) is 5.92 Å². The second-order valence-corrected chi connectivity index (χ2v) is 8.46. The van der Waals surface area contributed by atoms with Crippen LogP contribution >= 0.6 is 38.9 Å². The van der Waals surface area contributed by atoms with Gasteiger partial charge in [-0.1, -0.05) is 60.4 Å². The fourth-order valence-corrected chi connectivity index (χ4v) is 3.85. The van der Waals surface area contributed by atoms with E-state index in [0.29, 0.717) is 5.92 Å². The Morgan fingerprint density at radius 1 is 1.19 bits per heavy atom. The third-order valence-electron chi connectivity index (χ3n) is 3.44. The van der Waals surface area contributed by atoms with E-state index in [0.717, 1.165) is 23.2 Å². The number of alkyl halides is 1. The zero-order valence-corrected chi connectivity index (χ0v) is 15.9. The Labute approximate surface area is 144 Å². The fourth-order valence-electron chi connectivity index (χ4n) is 2.13. The lowest BCUT2D eigenvalue weighted by Crippen LogP contribution is -2.13. The van der Waals surface area contributed by atoms with E-state index in [1.54, 1.807) is 11.3 Å². The minimum absolute atomic E-state index is 0.134. The van der Waals surface area contributed by atoms with Crippen LogP contribution in [0.5, 0.6) is 0 Å². The lowest BCUT2D eigenvalue weighted by molar-refractivity contribution is 0.558. The highest BCUT2D eigenvalue weighted by atomic mass is 79.9. The summed E-state index contributed by atoms with van der Waals surface area (Å²) in [6.45, 7) is 6.63. The van der Waals surface area contributed by atoms with E-state index in [4.69, 9.17) is 16.6 Å². The summed E-state index contributed by atoms with van der Waals surface area (Å²) < 4.78 is 0. The number of hydrogen-bond donors (Lipinski definition) is 0. The molecule has 0 spiro atoms. The van der Waals surface area contributed by atoms with Crippen molar-refractivity contribution in [1.82, 2.24) is 4.98 Å². The Bertz CT molecular complexity index is 571. The van der Waals surface area contributed by atoms with E-state index >= 15 is 0 Å². The molecule has 0 radical (unpaired) electrons. The highest BCUT2D eigenvalue weighted by Gasteiger charge is 2.19. The Morgan fingerprint density at radius 2 is 1.86 bits per heavy atom. The Morgan fingerprint density at radius 3 is 2.38 bits per heavy atom. The number of nitrogens with zero attached hydrogens (tertiary/aromatic N) is 1. The highest BCUT2D eigenvalue weighted by molar-refractivity contribution is 9.09. The first-order valence-electron chi connectivity index (χ1n) is 7.14. The van der Waals surface area contributed by atoms with E-state index in [9.17, 15) is 0 Å². The van der Waals surface area contributed by atoms with Crippen LogP contribution in [-0.4, -0.2) is 10.3 Å². The molecule has 0 fully saturated rings. The Balaban J connectivity index is 2.02. The predicted octanol–water partition coefficient (Wildman–Crippen LogP) is 5.89. The van der Waals surface area contributed by atoms with Crippen LogP contribution in [0.4, 0.5) is 0 Å². The van der Waals surface area contributed by atoms with E-state index in [1.807, 2.05) is 12.1 Å². The quantitative estimate of drug-likeness (QED) is 0.584. The smallest absolute Gasteiger partial charge is 0.0931 e. The molecule has 1 nitrogen and oxygen atoms in total. The van der Waals surface area contributed by atoms with Crippen molar-refractivity contribution >= 4 is 38.9 Å². The number of aromatic nitrogens is 1. The van der Waals surface area contributed by atoms with Gasteiger partial charge in [0.25, 0.3) is 0 Å². The van der Waals surface area contributed by atoms with Gasteiger partial charge in [0.05, 0.1) is 10.7 Å². The van der Waals surface area contributed by atoms with E-state index < -0.39 is 0 Å². The average molecular weight is 387 g/mol. The number of hydrogen-bond acceptors (Lipinski definition) is 2. The first-order valence-corrected chi connectivity index (χ1v) is 9.51. The third-order valence-corrected chi connectivity index (χ3v) is 5.48. The molecule has 0 bridgehead atoms. The summed E-state index contributed by atoms with van der Waals surface area (Å²) in [6.07, 6.45) is 2.07. The van der Waals surface area contributed by atoms with Gasteiger partial charge in [0, 0.05) is 27.6 Å². The van der Waals surface area contributed by atoms with Crippen LogP contribution in [0.2, 0.25) is 5.02 Å². The van der Waals surface area contributed by atoms with Gasteiger partial charge in [-0.15, -0.1) is 11.3 Å². The van der Waals surface area contributed by atoms with Gasteiger partial charge in [-0.3, -0.25) is 0 Å². The maximum atomic E-state index is 5.94. The average Bonchev–Trinajstić information content (AvgIpc) is 2.89. The largest absolute Gasteiger partial charge is 0.246 e. The summed E-state index contributed by atoms with van der Waals surface area (Å²) in [5, 5.41) is 5.21. The molecule has 0 aliphatic carbocycles. The van der Waals surface area contributed by atoms with Crippen molar-refractivity contribution in [3.05, 3.63) is 50.9 Å². The lowest BCUT2D eigenvalue weighted by atomic mass is 9.93. The second kappa shape index (κ2) is 7.26. The highest BCUT2D eigenvalue weighted by Crippen LogP contribution is 2.26. The molecule has 0 saturated carbocycles. The summed E-state index contributed by atoms with van der Waals surface area (Å²) >= 11 is 11.4. The molecule has 1 atom stereocenters. The Hall–Kier alpha value is -0.380. The molecular weight excluding hydrogens is 366 g/mol. The molecule has 0 N–H and O–H groups in total. The van der Waals surface area contributed by atoms with Crippen molar-refractivity contribution in [3.8, 4) is 0 Å². The monoisotopic (exact) mass is 385 g/mol. The standard InChI is InChI=1S/C17H21BrClNS/c1-17(2,3)15-11-21-16(20-15)9-13(10-18)8-12-4-6-14(19)7-5-12/h4-7,11,13H,8-10H2,1-3H3. The second-order valence-electron chi connectivity index (χ2n) is 6.43. The van der Waals surface area contributed by atoms with Gasteiger partial charge in [-0.2, -0.15) is 0 Å². The third kappa shape index (κ3) is 5.08. The molecule has 0 amide bonds. The minimum Gasteiger partial charge on any atom is -0.246 e. The van der Waals surface area contributed by atoms with Crippen molar-refractivity contribution in [1.29, 1.82) is 0 Å². The van der Waals surface area contributed by atoms with Crippen molar-refractivity contribution in [2.45, 2.75) is 39.0 Å². The topological polar surface area (TPSA) is 12.9 Å². The summed E-state index contributed by atoms with van der Waals surface area (Å²) in [5.41, 5.74) is 2.66. The maximum Gasteiger partial charge on any atom is 0.0931 e. The molecule has 4 heteroatoms. The zero-order valence-electron chi connectivity index (χ0n) is 12.7. The first kappa shape index (κ1) is 17.0. The summed E-state index contributed by atoms with van der Waals surface area (Å²) in [6, 6.07) is 8.15. The maximum absolute atomic E-state index is 5.94. The number of halogens is 2.